The maximum absolute atomic E-state index is 15.7. The second-order valence-corrected chi connectivity index (χ2v) is 21.4. The Labute approximate surface area is 385 Å². The van der Waals surface area contributed by atoms with E-state index in [-0.39, 0.29) is 23.9 Å². The molecule has 10 nitrogen and oxygen atoms in total. The van der Waals surface area contributed by atoms with Gasteiger partial charge in [-0.3, -0.25) is 0 Å². The molecule has 0 saturated carbocycles. The molecule has 0 spiro atoms. The van der Waals surface area contributed by atoms with Crippen molar-refractivity contribution in [1.29, 1.82) is 0 Å². The number of alkyl halides is 9. The molecule has 68 heavy (non-hydrogen) atoms. The number of hydrogen-bond acceptors (Lipinski definition) is 10. The molecule has 6 aromatic carbocycles. The van der Waals surface area contributed by atoms with Gasteiger partial charge in [0.05, 0.1) is 0 Å². The van der Waals surface area contributed by atoms with Gasteiger partial charge in [0, 0.05) is 14.7 Å². The van der Waals surface area contributed by atoms with Crippen LogP contribution in [0.25, 0.3) is 21.5 Å². The van der Waals surface area contributed by atoms with E-state index < -0.39 is 81.9 Å². The van der Waals surface area contributed by atoms with E-state index >= 15 is 8.78 Å². The van der Waals surface area contributed by atoms with E-state index in [9.17, 15) is 48.7 Å². The van der Waals surface area contributed by atoms with Crippen molar-refractivity contribution in [1.82, 2.24) is 0 Å². The van der Waals surface area contributed by atoms with E-state index in [1.165, 1.54) is 53.7 Å². The number of fused-ring (bicyclic) bond motifs is 3. The van der Waals surface area contributed by atoms with Crippen LogP contribution in [0.4, 0.5) is 49.1 Å². The molecule has 0 amide bonds. The number of ether oxygens (including phenoxy) is 5. The van der Waals surface area contributed by atoms with Crippen LogP contribution in [-0.2, 0) is 29.8 Å². The van der Waals surface area contributed by atoms with Crippen LogP contribution in [0, 0.1) is 0 Å². The van der Waals surface area contributed by atoms with Gasteiger partial charge in [-0.2, -0.15) is 47.9 Å². The van der Waals surface area contributed by atoms with Crippen molar-refractivity contribution in [3.8, 4) is 17.2 Å². The fourth-order valence-electron chi connectivity index (χ4n) is 6.49. The summed E-state index contributed by atoms with van der Waals surface area (Å²) in [6, 6.07) is 29.1. The van der Waals surface area contributed by atoms with Gasteiger partial charge in [-0.1, -0.05) is 48.5 Å². The molecular formula is C47H41F9O10S2. The first-order valence-electron chi connectivity index (χ1n) is 20.0. The van der Waals surface area contributed by atoms with Crippen LogP contribution in [0.5, 0.6) is 17.2 Å². The summed E-state index contributed by atoms with van der Waals surface area (Å²) in [5.74, 6) is -15.8. The third-order valence-corrected chi connectivity index (χ3v) is 14.7. The lowest BCUT2D eigenvalue weighted by Crippen LogP contribution is -2.63. The summed E-state index contributed by atoms with van der Waals surface area (Å²) >= 11 is 0. The molecule has 364 valence electrons. The lowest BCUT2D eigenvalue weighted by Gasteiger charge is -2.41. The Bertz CT molecular complexity index is 2840. The highest BCUT2D eigenvalue weighted by molar-refractivity contribution is 8.33. The maximum Gasteiger partial charge on any atom is 0.514 e. The fraction of sp³-hybridized carbons (Fsp3) is 0.277. The van der Waals surface area contributed by atoms with Gasteiger partial charge in [-0.05, 0) is 158 Å². The average Bonchev–Trinajstić information content (AvgIpc) is 3.23. The van der Waals surface area contributed by atoms with Gasteiger partial charge in [0.25, 0.3) is 0 Å². The highest BCUT2D eigenvalue weighted by Crippen LogP contribution is 2.72. The van der Waals surface area contributed by atoms with E-state index in [0.717, 1.165) is 87.8 Å². The van der Waals surface area contributed by atoms with Crippen molar-refractivity contribution in [2.45, 2.75) is 97.3 Å². The maximum atomic E-state index is 15.7. The molecule has 0 radical (unpaired) electrons. The molecule has 0 aromatic heterocycles. The molecule has 0 saturated heterocycles. The monoisotopic (exact) mass is 1000 g/mol. The Balaban J connectivity index is 1.51. The fourth-order valence-corrected chi connectivity index (χ4v) is 11.7. The van der Waals surface area contributed by atoms with Gasteiger partial charge in [-0.15, -0.1) is 0 Å². The predicted octanol–water partition coefficient (Wildman–Crippen LogP) is 14.2. The Morgan fingerprint density at radius 1 is 0.500 bits per heavy atom. The molecule has 6 rings (SSSR count). The summed E-state index contributed by atoms with van der Waals surface area (Å²) < 4.78 is 189. The van der Waals surface area contributed by atoms with Crippen molar-refractivity contribution >= 4 is 54.3 Å². The minimum absolute atomic E-state index is 0.0612. The molecule has 0 unspecified atom stereocenters. The SMILES string of the molecule is CC(C)(C)OC(=O)Oc1ccc(S(OS(=O)(=O)C(F)(F)C(F)(F)C(F)(F)C(F)(F)F)(c2ccc(OCc3cc4ccccc4c4ccccc34)cc2)c2ccc(OC(=O)OC(C)(C)C)cc2)cc1. The number of hydrogen-bond donors (Lipinski definition) is 0. The molecule has 0 aliphatic heterocycles. The van der Waals surface area contributed by atoms with E-state index in [1.54, 1.807) is 0 Å². The largest absolute Gasteiger partial charge is 0.514 e. The van der Waals surface area contributed by atoms with Gasteiger partial charge < -0.3 is 23.7 Å². The van der Waals surface area contributed by atoms with Crippen LogP contribution in [-0.4, -0.2) is 55.2 Å². The quantitative estimate of drug-likeness (QED) is 0.0478. The van der Waals surface area contributed by atoms with Crippen molar-refractivity contribution in [3.63, 3.8) is 0 Å². The number of benzene rings is 6. The van der Waals surface area contributed by atoms with Crippen molar-refractivity contribution in [3.05, 3.63) is 133 Å². The van der Waals surface area contributed by atoms with Crippen molar-refractivity contribution in [2.24, 2.45) is 0 Å². The van der Waals surface area contributed by atoms with Crippen LogP contribution < -0.4 is 14.2 Å². The van der Waals surface area contributed by atoms with E-state index in [2.05, 4.69) is 0 Å². The number of halogens is 9. The van der Waals surface area contributed by atoms with Crippen LogP contribution in [0.1, 0.15) is 47.1 Å². The first-order chi connectivity index (χ1) is 31.4. The van der Waals surface area contributed by atoms with Crippen LogP contribution in [0.3, 0.4) is 0 Å². The van der Waals surface area contributed by atoms with Gasteiger partial charge in [0.1, 0.15) is 35.1 Å². The van der Waals surface area contributed by atoms with Crippen molar-refractivity contribution < 1.29 is 84.8 Å². The summed E-state index contributed by atoms with van der Waals surface area (Å²) in [7, 11) is -12.3. The number of rotatable bonds is 13. The summed E-state index contributed by atoms with van der Waals surface area (Å²) in [6.45, 7) is 9.03. The number of carbonyl (C=O) groups excluding carboxylic acids is 2. The Morgan fingerprint density at radius 3 is 1.32 bits per heavy atom. The first kappa shape index (κ1) is 51.2. The summed E-state index contributed by atoms with van der Waals surface area (Å²) in [5, 5.41) is -3.71. The first-order valence-corrected chi connectivity index (χ1v) is 23.0. The van der Waals surface area contributed by atoms with Crippen LogP contribution in [0.15, 0.2) is 142 Å². The zero-order chi connectivity index (χ0) is 50.3. The van der Waals surface area contributed by atoms with E-state index in [1.807, 2.05) is 54.6 Å². The second-order valence-electron chi connectivity index (χ2n) is 16.9. The Morgan fingerprint density at radius 2 is 0.897 bits per heavy atom. The second kappa shape index (κ2) is 18.4. The normalized spacial score (nSPS) is 13.5. The smallest absolute Gasteiger partial charge is 0.489 e. The Kier molecular flexibility index (Phi) is 13.8. The molecule has 0 heterocycles. The third-order valence-electron chi connectivity index (χ3n) is 9.52. The molecule has 21 heteroatoms. The van der Waals surface area contributed by atoms with Crippen LogP contribution >= 0.6 is 10.3 Å². The molecule has 6 aromatic rings. The van der Waals surface area contributed by atoms with Gasteiger partial charge in [0.2, 0.25) is 0 Å². The van der Waals surface area contributed by atoms with E-state index in [0.29, 0.717) is 0 Å². The highest BCUT2D eigenvalue weighted by Gasteiger charge is 2.86. The number of carbonyl (C=O) groups is 2. The minimum Gasteiger partial charge on any atom is -0.489 e. The topological polar surface area (TPSA) is 124 Å². The molecule has 0 aliphatic carbocycles. The molecule has 0 bridgehead atoms. The molecular weight excluding hydrogens is 960 g/mol. The van der Waals surface area contributed by atoms with Gasteiger partial charge >= 0.3 is 45.7 Å². The summed E-state index contributed by atoms with van der Waals surface area (Å²) in [4.78, 5) is 23.5. The standard InChI is InChI=1S/C47H41F9O10S2/c1-42(2,3)64-40(57)62-32-17-23-35(24-18-32)67(36-25-19-33(20-26-36)63-41(58)65-43(4,5)6,66-68(59,60)47(55,56)45(50,51)44(48,49)46(52,53)54)34-21-15-31(16-22-34)61-28-30-27-29-11-7-8-12-37(29)39-14-10-9-13-38(30)39/h7-27H,28H2,1-6H3. The Hall–Kier alpha value is -6.19. The minimum atomic E-state index is -7.66. The molecule has 0 atom stereocenters. The lowest BCUT2D eigenvalue weighted by molar-refractivity contribution is -0.382. The van der Waals surface area contributed by atoms with Crippen molar-refractivity contribution in [2.75, 3.05) is 0 Å². The summed E-state index contributed by atoms with van der Waals surface area (Å²) in [5.41, 5.74) is -1.38. The molecule has 0 aliphatic rings. The third kappa shape index (κ3) is 10.4. The zero-order valence-electron chi connectivity index (χ0n) is 36.6. The zero-order valence-corrected chi connectivity index (χ0v) is 38.3. The highest BCUT2D eigenvalue weighted by atomic mass is 32.3. The molecule has 0 fully saturated rings. The van der Waals surface area contributed by atoms with Crippen LogP contribution in [0.2, 0.25) is 0 Å². The molecule has 0 N–H and O–H groups in total. The van der Waals surface area contributed by atoms with Gasteiger partial charge in [-0.25, -0.2) is 13.2 Å². The average molecular weight is 1000 g/mol. The predicted molar refractivity (Wildman–Crippen MR) is 232 cm³/mol. The summed E-state index contributed by atoms with van der Waals surface area (Å²) in [6.07, 6.45) is -9.84. The van der Waals surface area contributed by atoms with Gasteiger partial charge in [0.15, 0.2) is 0 Å². The van der Waals surface area contributed by atoms with E-state index in [4.69, 9.17) is 27.3 Å². The lowest BCUT2D eigenvalue weighted by atomic mass is 9.98.